The summed E-state index contributed by atoms with van der Waals surface area (Å²) in [4.78, 5) is 12.2. The summed E-state index contributed by atoms with van der Waals surface area (Å²) in [6, 6.07) is 5.24. The van der Waals surface area contributed by atoms with Crippen LogP contribution in [0, 0.1) is 5.82 Å². The Hall–Kier alpha value is -2.61. The van der Waals surface area contributed by atoms with Crippen molar-refractivity contribution in [3.63, 3.8) is 0 Å². The van der Waals surface area contributed by atoms with Gasteiger partial charge in [-0.3, -0.25) is 0 Å². The Kier molecular flexibility index (Phi) is 5.33. The average molecular weight is 413 g/mol. The normalized spacial score (nSPS) is 19.3. The molecule has 2 aromatic rings. The van der Waals surface area contributed by atoms with Crippen LogP contribution in [0.5, 0.6) is 11.5 Å². The smallest absolute Gasteiger partial charge is 0.172 e. The molecule has 2 aliphatic heterocycles. The van der Waals surface area contributed by atoms with Gasteiger partial charge in [0.1, 0.15) is 11.9 Å². The van der Waals surface area contributed by atoms with Gasteiger partial charge in [-0.2, -0.15) is 0 Å². The quantitative estimate of drug-likeness (QED) is 0.755. The van der Waals surface area contributed by atoms with E-state index in [4.69, 9.17) is 19.4 Å². The first-order chi connectivity index (χ1) is 14.7. The van der Waals surface area contributed by atoms with Gasteiger partial charge in [0.15, 0.2) is 23.2 Å². The van der Waals surface area contributed by atoms with Gasteiger partial charge in [-0.05, 0) is 25.0 Å². The van der Waals surface area contributed by atoms with Gasteiger partial charge in [0, 0.05) is 57.5 Å². The Bertz CT molecular complexity index is 913. The fraction of sp³-hybridized carbons (Fsp3) is 0.545. The molecule has 5 rings (SSSR count). The standard InChI is InChI=1S/C22H28FN5O2/c1-29-16-4-5-20(17(23)12-16)30-15-7-10-28(11-8-15)22-21(25-14-2-3-14)26-19-13-24-9-6-18(19)27-22/h4-5,12,14-15,24H,2-3,6-11,13H2,1H3,(H,25,26). The summed E-state index contributed by atoms with van der Waals surface area (Å²) in [5.74, 6) is 2.25. The molecule has 1 aromatic carbocycles. The Morgan fingerprint density at radius 2 is 1.97 bits per heavy atom. The zero-order valence-corrected chi connectivity index (χ0v) is 17.3. The van der Waals surface area contributed by atoms with Crippen LogP contribution in [0.15, 0.2) is 18.2 Å². The van der Waals surface area contributed by atoms with Gasteiger partial charge in [-0.25, -0.2) is 14.4 Å². The van der Waals surface area contributed by atoms with E-state index in [1.807, 2.05) is 0 Å². The highest BCUT2D eigenvalue weighted by molar-refractivity contribution is 5.63. The van der Waals surface area contributed by atoms with Crippen molar-refractivity contribution in [3.8, 4) is 11.5 Å². The van der Waals surface area contributed by atoms with Crippen molar-refractivity contribution < 1.29 is 13.9 Å². The summed E-state index contributed by atoms with van der Waals surface area (Å²) < 4.78 is 25.2. The van der Waals surface area contributed by atoms with Crippen LogP contribution >= 0.6 is 0 Å². The van der Waals surface area contributed by atoms with Crippen molar-refractivity contribution in [2.45, 2.75) is 50.8 Å². The van der Waals surface area contributed by atoms with Crippen molar-refractivity contribution in [3.05, 3.63) is 35.4 Å². The summed E-state index contributed by atoms with van der Waals surface area (Å²) in [6.07, 6.45) is 4.91. The number of nitrogens with one attached hydrogen (secondary N) is 2. The molecule has 1 aromatic heterocycles. The largest absolute Gasteiger partial charge is 0.497 e. The van der Waals surface area contributed by atoms with Crippen LogP contribution in [0.3, 0.4) is 0 Å². The molecular weight excluding hydrogens is 385 g/mol. The van der Waals surface area contributed by atoms with E-state index in [0.29, 0.717) is 11.8 Å². The van der Waals surface area contributed by atoms with Crippen LogP contribution in [-0.4, -0.2) is 48.9 Å². The Morgan fingerprint density at radius 1 is 1.13 bits per heavy atom. The molecule has 0 bridgehead atoms. The van der Waals surface area contributed by atoms with Gasteiger partial charge >= 0.3 is 0 Å². The Balaban J connectivity index is 1.28. The monoisotopic (exact) mass is 413 g/mol. The van der Waals surface area contributed by atoms with Crippen molar-refractivity contribution in [1.29, 1.82) is 0 Å². The van der Waals surface area contributed by atoms with Gasteiger partial charge in [-0.15, -0.1) is 0 Å². The zero-order chi connectivity index (χ0) is 20.5. The molecule has 3 aliphatic rings. The molecule has 8 heteroatoms. The van der Waals surface area contributed by atoms with E-state index in [1.165, 1.54) is 26.0 Å². The van der Waals surface area contributed by atoms with Crippen LogP contribution < -0.4 is 25.0 Å². The number of ether oxygens (including phenoxy) is 2. The first-order valence-corrected chi connectivity index (χ1v) is 10.8. The number of benzene rings is 1. The molecule has 2 fully saturated rings. The number of hydrogen-bond donors (Lipinski definition) is 2. The minimum atomic E-state index is -0.387. The molecular formula is C22H28FN5O2. The predicted octanol–water partition coefficient (Wildman–Crippen LogP) is 2.89. The fourth-order valence-electron chi connectivity index (χ4n) is 4.06. The van der Waals surface area contributed by atoms with Crippen LogP contribution in [0.2, 0.25) is 0 Å². The second kappa shape index (κ2) is 8.26. The predicted molar refractivity (Wildman–Crippen MR) is 113 cm³/mol. The maximum atomic E-state index is 14.2. The Labute approximate surface area is 176 Å². The van der Waals surface area contributed by atoms with E-state index < -0.39 is 0 Å². The molecule has 1 saturated heterocycles. The third-order valence-corrected chi connectivity index (χ3v) is 5.96. The van der Waals surface area contributed by atoms with Gasteiger partial charge < -0.3 is 25.0 Å². The van der Waals surface area contributed by atoms with E-state index in [1.54, 1.807) is 12.1 Å². The van der Waals surface area contributed by atoms with E-state index in [0.717, 1.165) is 68.5 Å². The average Bonchev–Trinajstić information content (AvgIpc) is 3.59. The van der Waals surface area contributed by atoms with Crippen molar-refractivity contribution >= 4 is 11.6 Å². The second-order valence-corrected chi connectivity index (χ2v) is 8.24. The maximum Gasteiger partial charge on any atom is 0.172 e. The molecule has 0 spiro atoms. The van der Waals surface area contributed by atoms with Crippen molar-refractivity contribution in [1.82, 2.24) is 15.3 Å². The van der Waals surface area contributed by atoms with Gasteiger partial charge in [-0.1, -0.05) is 0 Å². The van der Waals surface area contributed by atoms with Crippen LogP contribution in [0.4, 0.5) is 16.0 Å². The number of nitrogens with zero attached hydrogens (tertiary/aromatic N) is 3. The van der Waals surface area contributed by atoms with Crippen LogP contribution in [0.25, 0.3) is 0 Å². The molecule has 0 radical (unpaired) electrons. The third-order valence-electron chi connectivity index (χ3n) is 5.96. The zero-order valence-electron chi connectivity index (χ0n) is 17.3. The third kappa shape index (κ3) is 4.14. The van der Waals surface area contributed by atoms with Gasteiger partial charge in [0.2, 0.25) is 0 Å². The number of hydrogen-bond acceptors (Lipinski definition) is 7. The van der Waals surface area contributed by atoms with Crippen LogP contribution in [-0.2, 0) is 13.0 Å². The second-order valence-electron chi connectivity index (χ2n) is 8.24. The fourth-order valence-corrected chi connectivity index (χ4v) is 4.06. The lowest BCUT2D eigenvalue weighted by Crippen LogP contribution is -2.40. The lowest BCUT2D eigenvalue weighted by Gasteiger charge is -2.34. The number of halogens is 1. The lowest BCUT2D eigenvalue weighted by molar-refractivity contribution is 0.163. The number of rotatable bonds is 6. The highest BCUT2D eigenvalue weighted by Crippen LogP contribution is 2.33. The molecule has 0 atom stereocenters. The van der Waals surface area contributed by atoms with Gasteiger partial charge in [0.25, 0.3) is 0 Å². The molecule has 30 heavy (non-hydrogen) atoms. The Morgan fingerprint density at radius 3 is 2.70 bits per heavy atom. The molecule has 7 nitrogen and oxygen atoms in total. The SMILES string of the molecule is COc1ccc(OC2CCN(c3nc4c(nc3NC3CC3)CNCC4)CC2)c(F)c1. The molecule has 3 heterocycles. The highest BCUT2D eigenvalue weighted by Gasteiger charge is 2.29. The number of aromatic nitrogens is 2. The topological polar surface area (TPSA) is 71.5 Å². The highest BCUT2D eigenvalue weighted by atomic mass is 19.1. The minimum absolute atomic E-state index is 0.0150. The maximum absolute atomic E-state index is 14.2. The van der Waals surface area contributed by atoms with E-state index in [9.17, 15) is 4.39 Å². The summed E-state index contributed by atoms with van der Waals surface area (Å²) in [5, 5.41) is 6.94. The molecule has 1 aliphatic carbocycles. The minimum Gasteiger partial charge on any atom is -0.497 e. The molecule has 1 saturated carbocycles. The van der Waals surface area contributed by atoms with Crippen LogP contribution in [0.1, 0.15) is 37.1 Å². The molecule has 0 unspecified atom stereocenters. The molecule has 2 N–H and O–H groups in total. The summed E-state index contributed by atoms with van der Waals surface area (Å²) in [6.45, 7) is 3.35. The number of anilines is 2. The number of methoxy groups -OCH3 is 1. The first kappa shape index (κ1) is 19.4. The molecule has 160 valence electrons. The van der Waals surface area contributed by atoms with E-state index in [2.05, 4.69) is 15.5 Å². The van der Waals surface area contributed by atoms with Gasteiger partial charge in [0.05, 0.1) is 18.5 Å². The van der Waals surface area contributed by atoms with E-state index >= 15 is 0 Å². The summed E-state index contributed by atoms with van der Waals surface area (Å²) in [5.41, 5.74) is 2.16. The summed E-state index contributed by atoms with van der Waals surface area (Å²) in [7, 11) is 1.53. The number of piperidine rings is 1. The lowest BCUT2D eigenvalue weighted by atomic mass is 10.1. The summed E-state index contributed by atoms with van der Waals surface area (Å²) >= 11 is 0. The van der Waals surface area contributed by atoms with Crippen molar-refractivity contribution in [2.24, 2.45) is 0 Å². The van der Waals surface area contributed by atoms with E-state index in [-0.39, 0.29) is 17.7 Å². The number of fused-ring (bicyclic) bond motifs is 1. The van der Waals surface area contributed by atoms with Crippen molar-refractivity contribution in [2.75, 3.05) is 37.0 Å². The first-order valence-electron chi connectivity index (χ1n) is 10.8. The molecule has 0 amide bonds.